The van der Waals surface area contributed by atoms with E-state index in [2.05, 4.69) is 43.4 Å². The zero-order valence-corrected chi connectivity index (χ0v) is 22.8. The van der Waals surface area contributed by atoms with Crippen molar-refractivity contribution in [3.05, 3.63) is 70.4 Å². The normalized spacial score (nSPS) is 14.1. The van der Waals surface area contributed by atoms with Crippen molar-refractivity contribution in [2.24, 2.45) is 0 Å². The number of furan rings is 1. The lowest BCUT2D eigenvalue weighted by molar-refractivity contribution is 0.0526. The quantitative estimate of drug-likeness (QED) is 0.132. The third kappa shape index (κ3) is 5.65. The van der Waals surface area contributed by atoms with Gasteiger partial charge in [-0.05, 0) is 55.8 Å². The molecule has 2 aromatic heterocycles. The molecule has 0 aliphatic carbocycles. The van der Waals surface area contributed by atoms with Crippen molar-refractivity contribution < 1.29 is 18.7 Å². The van der Waals surface area contributed by atoms with Crippen molar-refractivity contribution in [1.82, 2.24) is 15.2 Å². The van der Waals surface area contributed by atoms with Crippen LogP contribution in [0.1, 0.15) is 49.0 Å². The number of esters is 1. The number of thioether (sulfide) groups is 1. The number of aromatic nitrogens is 3. The smallest absolute Gasteiger partial charge is 0.338 e. The molecule has 0 fully saturated rings. The first-order chi connectivity index (χ1) is 18.1. The number of ether oxygens (including phenoxy) is 2. The first-order valence-corrected chi connectivity index (χ1v) is 13.8. The van der Waals surface area contributed by atoms with E-state index in [1.165, 1.54) is 0 Å². The Labute approximate surface area is 227 Å². The van der Waals surface area contributed by atoms with Gasteiger partial charge < -0.3 is 19.2 Å². The van der Waals surface area contributed by atoms with E-state index in [-0.39, 0.29) is 5.97 Å². The summed E-state index contributed by atoms with van der Waals surface area (Å²) in [5.41, 5.74) is 3.54. The summed E-state index contributed by atoms with van der Waals surface area (Å²) in [5.74, 6) is 2.17. The van der Waals surface area contributed by atoms with Crippen LogP contribution < -0.4 is 10.1 Å². The van der Waals surface area contributed by atoms with Crippen LogP contribution in [0.4, 0.5) is 5.69 Å². The maximum absolute atomic E-state index is 12.0. The molecule has 5 rings (SSSR count). The van der Waals surface area contributed by atoms with Gasteiger partial charge in [-0.1, -0.05) is 53.2 Å². The maximum Gasteiger partial charge on any atom is 0.338 e. The molecule has 0 saturated heterocycles. The van der Waals surface area contributed by atoms with E-state index in [1.54, 1.807) is 30.8 Å². The number of anilines is 1. The van der Waals surface area contributed by atoms with Gasteiger partial charge in [0.15, 0.2) is 11.5 Å². The second-order valence-electron chi connectivity index (χ2n) is 8.28. The minimum absolute atomic E-state index is 0.332. The van der Waals surface area contributed by atoms with Crippen molar-refractivity contribution in [3.63, 3.8) is 0 Å². The summed E-state index contributed by atoms with van der Waals surface area (Å²) in [4.78, 5) is 16.6. The van der Waals surface area contributed by atoms with Gasteiger partial charge in [0, 0.05) is 27.0 Å². The van der Waals surface area contributed by atoms with Crippen LogP contribution >= 0.6 is 27.7 Å². The first-order valence-electron chi connectivity index (χ1n) is 12.0. The van der Waals surface area contributed by atoms with E-state index < -0.39 is 6.23 Å². The molecule has 1 aliphatic heterocycles. The van der Waals surface area contributed by atoms with Gasteiger partial charge in [0.2, 0.25) is 17.3 Å². The Morgan fingerprint density at radius 1 is 1.11 bits per heavy atom. The Kier molecular flexibility index (Phi) is 7.76. The number of hydrogen-bond acceptors (Lipinski definition) is 9. The zero-order valence-electron chi connectivity index (χ0n) is 20.4. The number of carbonyl (C=O) groups is 1. The van der Waals surface area contributed by atoms with E-state index in [0.717, 1.165) is 39.9 Å². The standard InChI is InChI=1S/C27H25BrN4O4S/c1-3-5-14-37-27-30-25-23(31-32-27)19-15-18(28)10-11-20(19)29-24(36-25)22-13-12-21(35-22)16-6-8-17(9-7-16)26(33)34-4-2/h6-13,15,24,29H,3-5,14H2,1-2H3. The summed E-state index contributed by atoms with van der Waals surface area (Å²) in [6, 6.07) is 16.7. The zero-order chi connectivity index (χ0) is 25.8. The van der Waals surface area contributed by atoms with Crippen LogP contribution in [-0.2, 0) is 4.74 Å². The predicted octanol–water partition coefficient (Wildman–Crippen LogP) is 7.13. The Hall–Kier alpha value is -3.37. The number of nitrogens with zero attached hydrogens (tertiary/aromatic N) is 3. The van der Waals surface area contributed by atoms with Crippen LogP contribution in [0.3, 0.4) is 0 Å². The molecule has 10 heteroatoms. The lowest BCUT2D eigenvalue weighted by atomic mass is 10.1. The van der Waals surface area contributed by atoms with Crippen molar-refractivity contribution in [3.8, 4) is 28.5 Å². The lowest BCUT2D eigenvalue weighted by Gasteiger charge is -2.16. The molecule has 2 aromatic carbocycles. The number of unbranched alkanes of at least 4 members (excludes halogenated alkanes) is 1. The second kappa shape index (κ2) is 11.4. The molecule has 1 atom stereocenters. The molecule has 3 heterocycles. The fourth-order valence-electron chi connectivity index (χ4n) is 3.80. The molecule has 0 spiro atoms. The molecule has 0 bridgehead atoms. The maximum atomic E-state index is 12.0. The average molecular weight is 581 g/mol. The third-order valence-electron chi connectivity index (χ3n) is 5.68. The SMILES string of the molecule is CCCCSc1nnc2c(n1)OC(c1ccc(-c3ccc(C(=O)OCC)cc3)o1)Nc1ccc(Br)cc1-2. The van der Waals surface area contributed by atoms with Crippen LogP contribution in [0, 0.1) is 0 Å². The predicted molar refractivity (Wildman–Crippen MR) is 146 cm³/mol. The largest absolute Gasteiger partial charge is 0.462 e. The van der Waals surface area contributed by atoms with E-state index in [4.69, 9.17) is 13.9 Å². The highest BCUT2D eigenvalue weighted by Crippen LogP contribution is 2.41. The van der Waals surface area contributed by atoms with Gasteiger partial charge in [-0.2, -0.15) is 4.98 Å². The van der Waals surface area contributed by atoms with E-state index in [1.807, 2.05) is 42.5 Å². The van der Waals surface area contributed by atoms with Gasteiger partial charge in [0.05, 0.1) is 12.2 Å². The number of rotatable bonds is 8. The van der Waals surface area contributed by atoms with E-state index >= 15 is 0 Å². The number of carbonyl (C=O) groups excluding carboxylic acids is 1. The Balaban J connectivity index is 1.45. The summed E-state index contributed by atoms with van der Waals surface area (Å²) in [5, 5.41) is 12.8. The van der Waals surface area contributed by atoms with Gasteiger partial charge in [-0.15, -0.1) is 10.2 Å². The van der Waals surface area contributed by atoms with E-state index in [9.17, 15) is 4.79 Å². The van der Waals surface area contributed by atoms with Gasteiger partial charge in [-0.25, -0.2) is 4.79 Å². The van der Waals surface area contributed by atoms with Crippen molar-refractivity contribution >= 4 is 39.3 Å². The average Bonchev–Trinajstić information content (AvgIpc) is 3.34. The number of nitrogens with one attached hydrogen (secondary N) is 1. The minimum Gasteiger partial charge on any atom is -0.462 e. The van der Waals surface area contributed by atoms with Gasteiger partial charge >= 0.3 is 5.97 Å². The highest BCUT2D eigenvalue weighted by molar-refractivity contribution is 9.10. The fourth-order valence-corrected chi connectivity index (χ4v) is 5.02. The van der Waals surface area contributed by atoms with Crippen molar-refractivity contribution in [2.45, 2.75) is 38.1 Å². The Morgan fingerprint density at radius 2 is 1.95 bits per heavy atom. The summed E-state index contributed by atoms with van der Waals surface area (Å²) >= 11 is 5.11. The highest BCUT2D eigenvalue weighted by atomic mass is 79.9. The third-order valence-corrected chi connectivity index (χ3v) is 7.10. The lowest BCUT2D eigenvalue weighted by Crippen LogP contribution is -2.16. The number of fused-ring (bicyclic) bond motifs is 3. The Bertz CT molecular complexity index is 1410. The van der Waals surface area contributed by atoms with E-state index in [0.29, 0.717) is 40.4 Å². The fraction of sp³-hybridized carbons (Fsp3) is 0.259. The summed E-state index contributed by atoms with van der Waals surface area (Å²) in [6.45, 7) is 4.26. The number of benzene rings is 2. The summed E-state index contributed by atoms with van der Waals surface area (Å²) < 4.78 is 18.5. The number of hydrogen-bond donors (Lipinski definition) is 1. The molecule has 1 aliphatic rings. The van der Waals surface area contributed by atoms with Gasteiger partial charge in [0.25, 0.3) is 0 Å². The van der Waals surface area contributed by atoms with Gasteiger partial charge in [-0.3, -0.25) is 0 Å². The summed E-state index contributed by atoms with van der Waals surface area (Å²) in [7, 11) is 0. The molecule has 0 radical (unpaired) electrons. The van der Waals surface area contributed by atoms with Crippen LogP contribution in [0.5, 0.6) is 5.88 Å². The van der Waals surface area contributed by atoms with Gasteiger partial charge in [0.1, 0.15) is 5.76 Å². The molecule has 190 valence electrons. The minimum atomic E-state index is -0.640. The molecule has 0 amide bonds. The van der Waals surface area contributed by atoms with Crippen LogP contribution in [0.2, 0.25) is 0 Å². The molecule has 1 N–H and O–H groups in total. The molecular formula is C27H25BrN4O4S. The molecule has 4 aromatic rings. The topological polar surface area (TPSA) is 99.4 Å². The van der Waals surface area contributed by atoms with Crippen LogP contribution in [0.25, 0.3) is 22.6 Å². The van der Waals surface area contributed by atoms with Crippen molar-refractivity contribution in [1.29, 1.82) is 0 Å². The second-order valence-corrected chi connectivity index (χ2v) is 10.3. The first kappa shape index (κ1) is 25.3. The van der Waals surface area contributed by atoms with Crippen molar-refractivity contribution in [2.75, 3.05) is 17.7 Å². The Morgan fingerprint density at radius 3 is 2.73 bits per heavy atom. The summed E-state index contributed by atoms with van der Waals surface area (Å²) in [6.07, 6.45) is 1.53. The van der Waals surface area contributed by atoms with Crippen LogP contribution in [-0.4, -0.2) is 33.5 Å². The molecule has 1 unspecified atom stereocenters. The molecule has 0 saturated carbocycles. The van der Waals surface area contributed by atoms with Crippen LogP contribution in [0.15, 0.2) is 68.6 Å². The molecular weight excluding hydrogens is 556 g/mol. The molecule has 37 heavy (non-hydrogen) atoms. The highest BCUT2D eigenvalue weighted by Gasteiger charge is 2.28. The molecule has 8 nitrogen and oxygen atoms in total. The monoisotopic (exact) mass is 580 g/mol. The number of halogens is 1.